The molecule has 30 heavy (non-hydrogen) atoms. The van der Waals surface area contributed by atoms with Crippen molar-refractivity contribution in [1.82, 2.24) is 4.57 Å². The quantitative estimate of drug-likeness (QED) is 0.414. The summed E-state index contributed by atoms with van der Waals surface area (Å²) in [6.45, 7) is 12.2. The van der Waals surface area contributed by atoms with Crippen LogP contribution in [0.15, 0.2) is 73.3 Å². The second-order valence-electron chi connectivity index (χ2n) is 9.01. The standard InChI is InChI=1S/C26H26BNO2/c1-6-18-11-14-20(15-12-18)28-23-10-8-7-9-21(23)22-17-19(13-16-24(22)28)27-29-25(2,3)26(4,5)30-27/h6-17H,1H2,2-5H3. The summed E-state index contributed by atoms with van der Waals surface area (Å²) in [5, 5.41) is 2.42. The third-order valence-electron chi connectivity index (χ3n) is 6.61. The average Bonchev–Trinajstić information content (AvgIpc) is 3.17. The highest BCUT2D eigenvalue weighted by Crippen LogP contribution is 2.37. The minimum atomic E-state index is -0.367. The molecule has 4 heteroatoms. The maximum absolute atomic E-state index is 6.29. The Morgan fingerprint density at radius 3 is 2.10 bits per heavy atom. The molecule has 0 amide bonds. The van der Waals surface area contributed by atoms with Crippen molar-refractivity contribution in [3.05, 3.63) is 78.9 Å². The molecule has 0 bridgehead atoms. The van der Waals surface area contributed by atoms with Crippen molar-refractivity contribution in [2.45, 2.75) is 38.9 Å². The molecule has 0 radical (unpaired) electrons. The first-order chi connectivity index (χ1) is 14.3. The highest BCUT2D eigenvalue weighted by Gasteiger charge is 2.51. The van der Waals surface area contributed by atoms with Crippen LogP contribution in [0.4, 0.5) is 0 Å². The third-order valence-corrected chi connectivity index (χ3v) is 6.61. The first-order valence-electron chi connectivity index (χ1n) is 10.4. The van der Waals surface area contributed by atoms with Crippen molar-refractivity contribution < 1.29 is 9.31 Å². The summed E-state index contributed by atoms with van der Waals surface area (Å²) < 4.78 is 14.9. The van der Waals surface area contributed by atoms with E-state index in [0.717, 1.165) is 16.7 Å². The van der Waals surface area contributed by atoms with Crippen molar-refractivity contribution in [2.75, 3.05) is 0 Å². The van der Waals surface area contributed by atoms with Gasteiger partial charge >= 0.3 is 7.12 Å². The van der Waals surface area contributed by atoms with Crippen LogP contribution in [0, 0.1) is 0 Å². The molecule has 1 saturated heterocycles. The first-order valence-corrected chi connectivity index (χ1v) is 10.4. The van der Waals surface area contributed by atoms with Crippen molar-refractivity contribution in [2.24, 2.45) is 0 Å². The van der Waals surface area contributed by atoms with Gasteiger partial charge in [-0.3, -0.25) is 0 Å². The number of fused-ring (bicyclic) bond motifs is 3. The average molecular weight is 395 g/mol. The molecule has 150 valence electrons. The summed E-state index contributed by atoms with van der Waals surface area (Å²) in [7, 11) is -0.367. The molecule has 3 aromatic carbocycles. The Labute approximate surface area is 178 Å². The Kier molecular flexibility index (Phi) is 4.21. The smallest absolute Gasteiger partial charge is 0.399 e. The minimum Gasteiger partial charge on any atom is -0.399 e. The van der Waals surface area contributed by atoms with Crippen LogP contribution in [0.25, 0.3) is 33.6 Å². The van der Waals surface area contributed by atoms with Crippen LogP contribution in [0.3, 0.4) is 0 Å². The molecular weight excluding hydrogens is 369 g/mol. The number of benzene rings is 3. The van der Waals surface area contributed by atoms with Crippen molar-refractivity contribution >= 4 is 40.5 Å². The fraction of sp³-hybridized carbons (Fsp3) is 0.231. The van der Waals surface area contributed by atoms with Crippen LogP contribution in [0.1, 0.15) is 33.3 Å². The molecule has 0 unspecified atom stereocenters. The summed E-state index contributed by atoms with van der Waals surface area (Å²) >= 11 is 0. The Bertz CT molecular complexity index is 1250. The molecule has 0 N–H and O–H groups in total. The SMILES string of the molecule is C=Cc1ccc(-n2c3ccccc3c3cc(B4OC(C)(C)C(C)(C)O4)ccc32)cc1. The Morgan fingerprint density at radius 2 is 1.43 bits per heavy atom. The van der Waals surface area contributed by atoms with E-state index in [1.807, 2.05) is 6.08 Å². The monoisotopic (exact) mass is 395 g/mol. The van der Waals surface area contributed by atoms with Gasteiger partial charge in [0.15, 0.2) is 0 Å². The van der Waals surface area contributed by atoms with Gasteiger partial charge in [0.2, 0.25) is 0 Å². The number of hydrogen-bond donors (Lipinski definition) is 0. The number of rotatable bonds is 3. The van der Waals surface area contributed by atoms with Gasteiger partial charge in [-0.15, -0.1) is 0 Å². The van der Waals surface area contributed by atoms with E-state index in [4.69, 9.17) is 9.31 Å². The topological polar surface area (TPSA) is 23.4 Å². The largest absolute Gasteiger partial charge is 0.494 e. The molecule has 0 spiro atoms. The fourth-order valence-corrected chi connectivity index (χ4v) is 4.15. The van der Waals surface area contributed by atoms with Gasteiger partial charge in [-0.2, -0.15) is 0 Å². The zero-order valence-corrected chi connectivity index (χ0v) is 18.0. The van der Waals surface area contributed by atoms with Crippen LogP contribution < -0.4 is 5.46 Å². The van der Waals surface area contributed by atoms with Gasteiger partial charge in [-0.1, -0.05) is 55.1 Å². The molecule has 2 heterocycles. The third kappa shape index (κ3) is 2.83. The van der Waals surface area contributed by atoms with E-state index in [9.17, 15) is 0 Å². The van der Waals surface area contributed by atoms with E-state index in [2.05, 4.69) is 106 Å². The number of para-hydroxylation sites is 1. The van der Waals surface area contributed by atoms with E-state index in [1.54, 1.807) is 0 Å². The van der Waals surface area contributed by atoms with Crippen LogP contribution in [-0.4, -0.2) is 22.9 Å². The fourth-order valence-electron chi connectivity index (χ4n) is 4.15. The zero-order chi connectivity index (χ0) is 21.1. The van der Waals surface area contributed by atoms with Crippen molar-refractivity contribution in [3.63, 3.8) is 0 Å². The molecule has 1 aliphatic heterocycles. The van der Waals surface area contributed by atoms with Gasteiger partial charge in [0.25, 0.3) is 0 Å². The Hall–Kier alpha value is -2.82. The molecule has 0 saturated carbocycles. The summed E-state index contributed by atoms with van der Waals surface area (Å²) in [4.78, 5) is 0. The van der Waals surface area contributed by atoms with Crippen LogP contribution >= 0.6 is 0 Å². The highest BCUT2D eigenvalue weighted by molar-refractivity contribution is 6.62. The van der Waals surface area contributed by atoms with E-state index in [1.165, 1.54) is 21.8 Å². The lowest BCUT2D eigenvalue weighted by atomic mass is 9.78. The summed E-state index contributed by atoms with van der Waals surface area (Å²) in [5.41, 5.74) is 4.94. The van der Waals surface area contributed by atoms with E-state index in [-0.39, 0.29) is 18.3 Å². The minimum absolute atomic E-state index is 0.354. The molecule has 3 nitrogen and oxygen atoms in total. The van der Waals surface area contributed by atoms with E-state index >= 15 is 0 Å². The van der Waals surface area contributed by atoms with E-state index in [0.29, 0.717) is 0 Å². The Balaban J connectivity index is 1.69. The van der Waals surface area contributed by atoms with E-state index < -0.39 is 0 Å². The predicted molar refractivity (Wildman–Crippen MR) is 127 cm³/mol. The lowest BCUT2D eigenvalue weighted by Gasteiger charge is -2.32. The molecule has 5 rings (SSSR count). The molecular formula is C26H26BNO2. The maximum Gasteiger partial charge on any atom is 0.494 e. The maximum atomic E-state index is 6.29. The summed E-state index contributed by atoms with van der Waals surface area (Å²) in [5.74, 6) is 0. The normalized spacial score (nSPS) is 17.7. The molecule has 1 fully saturated rings. The van der Waals surface area contributed by atoms with Gasteiger partial charge in [-0.25, -0.2) is 0 Å². The first kappa shape index (κ1) is 19.2. The van der Waals surface area contributed by atoms with Gasteiger partial charge in [-0.05, 0) is 63.0 Å². The van der Waals surface area contributed by atoms with Crippen LogP contribution in [-0.2, 0) is 9.31 Å². The highest BCUT2D eigenvalue weighted by atomic mass is 16.7. The van der Waals surface area contributed by atoms with Gasteiger partial charge in [0.1, 0.15) is 0 Å². The predicted octanol–water partition coefficient (Wildman–Crippen LogP) is 5.73. The zero-order valence-electron chi connectivity index (χ0n) is 18.0. The van der Waals surface area contributed by atoms with Crippen LogP contribution in [0.2, 0.25) is 0 Å². The van der Waals surface area contributed by atoms with Crippen molar-refractivity contribution in [3.8, 4) is 5.69 Å². The molecule has 0 atom stereocenters. The molecule has 1 aliphatic rings. The number of nitrogens with zero attached hydrogens (tertiary/aromatic N) is 1. The second-order valence-corrected chi connectivity index (χ2v) is 9.01. The Morgan fingerprint density at radius 1 is 0.800 bits per heavy atom. The molecule has 0 aliphatic carbocycles. The summed E-state index contributed by atoms with van der Waals surface area (Å²) in [6, 6.07) is 23.5. The van der Waals surface area contributed by atoms with Gasteiger partial charge in [0.05, 0.1) is 22.2 Å². The van der Waals surface area contributed by atoms with Crippen molar-refractivity contribution in [1.29, 1.82) is 0 Å². The lowest BCUT2D eigenvalue weighted by molar-refractivity contribution is 0.00578. The molecule has 1 aromatic heterocycles. The van der Waals surface area contributed by atoms with Gasteiger partial charge in [0, 0.05) is 16.5 Å². The van der Waals surface area contributed by atoms with Crippen LogP contribution in [0.5, 0.6) is 0 Å². The lowest BCUT2D eigenvalue weighted by Crippen LogP contribution is -2.41. The number of aromatic nitrogens is 1. The second kappa shape index (κ2) is 6.59. The molecule has 4 aromatic rings. The van der Waals surface area contributed by atoms with Gasteiger partial charge < -0.3 is 13.9 Å². The summed E-state index contributed by atoms with van der Waals surface area (Å²) in [6.07, 6.45) is 1.87. The number of hydrogen-bond acceptors (Lipinski definition) is 2.